The smallest absolute Gasteiger partial charge is 0.150 e. The number of aromatic nitrogens is 3. The summed E-state index contributed by atoms with van der Waals surface area (Å²) in [5.41, 5.74) is 1.28. The Hall–Kier alpha value is -1.72. The molecule has 3 rings (SSSR count). The molecular weight excluding hydrogens is 262 g/mol. The maximum absolute atomic E-state index is 4.36. The lowest BCUT2D eigenvalue weighted by atomic mass is 10.1. The highest BCUT2D eigenvalue weighted by atomic mass is 15.3. The zero-order chi connectivity index (χ0) is 14.7. The fourth-order valence-corrected chi connectivity index (χ4v) is 2.97. The summed E-state index contributed by atoms with van der Waals surface area (Å²) in [7, 11) is 0. The molecule has 0 spiro atoms. The first-order valence-corrected chi connectivity index (χ1v) is 7.63. The molecule has 1 aromatic heterocycles. The molecule has 1 fully saturated rings. The summed E-state index contributed by atoms with van der Waals surface area (Å²) in [4.78, 5) is 2.48. The first kappa shape index (κ1) is 14.2. The Bertz CT molecular complexity index is 565. The summed E-state index contributed by atoms with van der Waals surface area (Å²) in [5, 5.41) is 12.0. The number of nitrogens with zero attached hydrogens (tertiary/aromatic N) is 4. The number of rotatable bonds is 4. The maximum atomic E-state index is 4.36. The molecule has 21 heavy (non-hydrogen) atoms. The number of benzene rings is 1. The average molecular weight is 285 g/mol. The van der Waals surface area contributed by atoms with Crippen molar-refractivity contribution in [2.75, 3.05) is 19.6 Å². The van der Waals surface area contributed by atoms with Gasteiger partial charge in [-0.1, -0.05) is 30.3 Å². The first-order chi connectivity index (χ1) is 10.2. The van der Waals surface area contributed by atoms with E-state index in [2.05, 4.69) is 63.1 Å². The molecule has 0 radical (unpaired) electrons. The summed E-state index contributed by atoms with van der Waals surface area (Å²) in [6.45, 7) is 8.44. The van der Waals surface area contributed by atoms with E-state index in [4.69, 9.17) is 0 Å². The molecule has 1 N–H and O–H groups in total. The summed E-state index contributed by atoms with van der Waals surface area (Å²) in [6, 6.07) is 11.3. The van der Waals surface area contributed by atoms with Gasteiger partial charge in [-0.3, -0.25) is 4.90 Å². The van der Waals surface area contributed by atoms with Crippen molar-refractivity contribution in [3.63, 3.8) is 0 Å². The second-order valence-corrected chi connectivity index (χ2v) is 5.83. The van der Waals surface area contributed by atoms with E-state index in [-0.39, 0.29) is 0 Å². The highest BCUT2D eigenvalue weighted by Gasteiger charge is 2.24. The molecule has 112 valence electrons. The van der Waals surface area contributed by atoms with Crippen molar-refractivity contribution in [1.29, 1.82) is 0 Å². The molecule has 0 saturated carbocycles. The van der Waals surface area contributed by atoms with Crippen LogP contribution < -0.4 is 5.32 Å². The van der Waals surface area contributed by atoms with E-state index >= 15 is 0 Å². The molecule has 5 heteroatoms. The Kier molecular flexibility index (Phi) is 4.31. The van der Waals surface area contributed by atoms with Crippen molar-refractivity contribution in [3.05, 3.63) is 48.0 Å². The molecule has 2 atom stereocenters. The van der Waals surface area contributed by atoms with Crippen molar-refractivity contribution in [2.24, 2.45) is 0 Å². The summed E-state index contributed by atoms with van der Waals surface area (Å²) in [5.74, 6) is 1.05. The van der Waals surface area contributed by atoms with Crippen LogP contribution in [0.4, 0.5) is 0 Å². The topological polar surface area (TPSA) is 46.0 Å². The monoisotopic (exact) mass is 285 g/mol. The Morgan fingerprint density at radius 3 is 2.90 bits per heavy atom. The third kappa shape index (κ3) is 3.31. The lowest BCUT2D eigenvalue weighted by molar-refractivity contribution is 0.151. The minimum atomic E-state index is 0.292. The van der Waals surface area contributed by atoms with Gasteiger partial charge in [-0.15, -0.1) is 10.2 Å². The van der Waals surface area contributed by atoms with Crippen LogP contribution in [0.3, 0.4) is 0 Å². The molecule has 0 bridgehead atoms. The van der Waals surface area contributed by atoms with Gasteiger partial charge in [0.1, 0.15) is 12.2 Å². The number of nitrogens with one attached hydrogen (secondary N) is 1. The van der Waals surface area contributed by atoms with Crippen LogP contribution in [-0.2, 0) is 6.54 Å². The van der Waals surface area contributed by atoms with E-state index in [0.29, 0.717) is 12.1 Å². The van der Waals surface area contributed by atoms with Crippen LogP contribution in [0.1, 0.15) is 31.3 Å². The van der Waals surface area contributed by atoms with E-state index < -0.39 is 0 Å². The van der Waals surface area contributed by atoms with E-state index in [1.165, 1.54) is 5.56 Å². The van der Waals surface area contributed by atoms with Crippen LogP contribution in [0.25, 0.3) is 0 Å². The molecule has 2 unspecified atom stereocenters. The minimum Gasteiger partial charge on any atom is -0.312 e. The van der Waals surface area contributed by atoms with Gasteiger partial charge < -0.3 is 9.88 Å². The van der Waals surface area contributed by atoms with E-state index in [9.17, 15) is 0 Å². The van der Waals surface area contributed by atoms with Crippen molar-refractivity contribution in [1.82, 2.24) is 25.0 Å². The van der Waals surface area contributed by atoms with Crippen LogP contribution in [0.2, 0.25) is 0 Å². The van der Waals surface area contributed by atoms with Crippen molar-refractivity contribution in [3.8, 4) is 0 Å². The van der Waals surface area contributed by atoms with Gasteiger partial charge >= 0.3 is 0 Å². The standard InChI is InChI=1S/C16H23N5/c1-13-10-20(9-8-17-13)14(2)16-19-18-12-21(16)11-15-6-4-3-5-7-15/h3-7,12-14,17H,8-11H2,1-2H3. The van der Waals surface area contributed by atoms with Crippen LogP contribution >= 0.6 is 0 Å². The molecule has 1 saturated heterocycles. The summed E-state index contributed by atoms with van der Waals surface area (Å²) >= 11 is 0. The average Bonchev–Trinajstić information content (AvgIpc) is 2.95. The molecule has 0 amide bonds. The van der Waals surface area contributed by atoms with Gasteiger partial charge in [-0.2, -0.15) is 0 Å². The maximum Gasteiger partial charge on any atom is 0.150 e. The minimum absolute atomic E-state index is 0.292. The molecule has 1 aliphatic rings. The van der Waals surface area contributed by atoms with Crippen LogP contribution in [0.15, 0.2) is 36.7 Å². The molecular formula is C16H23N5. The second kappa shape index (κ2) is 6.37. The third-order valence-electron chi connectivity index (χ3n) is 4.16. The highest BCUT2D eigenvalue weighted by Crippen LogP contribution is 2.20. The van der Waals surface area contributed by atoms with Crippen LogP contribution in [0.5, 0.6) is 0 Å². The van der Waals surface area contributed by atoms with E-state index in [1.54, 1.807) is 0 Å². The van der Waals surface area contributed by atoms with Gasteiger partial charge in [0.15, 0.2) is 0 Å². The fraction of sp³-hybridized carbons (Fsp3) is 0.500. The normalized spacial score (nSPS) is 21.3. The van der Waals surface area contributed by atoms with Gasteiger partial charge in [0.05, 0.1) is 12.6 Å². The van der Waals surface area contributed by atoms with Crippen molar-refractivity contribution < 1.29 is 0 Å². The van der Waals surface area contributed by atoms with Crippen molar-refractivity contribution >= 4 is 0 Å². The van der Waals surface area contributed by atoms with Gasteiger partial charge in [-0.25, -0.2) is 0 Å². The summed E-state index contributed by atoms with van der Waals surface area (Å²) in [6.07, 6.45) is 1.84. The summed E-state index contributed by atoms with van der Waals surface area (Å²) < 4.78 is 2.16. The van der Waals surface area contributed by atoms with Crippen molar-refractivity contribution in [2.45, 2.75) is 32.5 Å². The predicted molar refractivity (Wildman–Crippen MR) is 83.0 cm³/mol. The second-order valence-electron chi connectivity index (χ2n) is 5.83. The first-order valence-electron chi connectivity index (χ1n) is 7.63. The van der Waals surface area contributed by atoms with Gasteiger partial charge in [0, 0.05) is 25.7 Å². The van der Waals surface area contributed by atoms with Crippen LogP contribution in [-0.4, -0.2) is 45.3 Å². The van der Waals surface area contributed by atoms with E-state index in [1.807, 2.05) is 12.4 Å². The Morgan fingerprint density at radius 1 is 1.33 bits per heavy atom. The Balaban J connectivity index is 1.75. The molecule has 1 aromatic carbocycles. The molecule has 1 aliphatic heterocycles. The van der Waals surface area contributed by atoms with Gasteiger partial charge in [0.2, 0.25) is 0 Å². The number of hydrogen-bond donors (Lipinski definition) is 1. The predicted octanol–water partition coefficient (Wildman–Crippen LogP) is 1.68. The lowest BCUT2D eigenvalue weighted by Crippen LogP contribution is -2.50. The Labute approximate surface area is 126 Å². The number of piperazine rings is 1. The van der Waals surface area contributed by atoms with Crippen LogP contribution in [0, 0.1) is 0 Å². The number of hydrogen-bond acceptors (Lipinski definition) is 4. The highest BCUT2D eigenvalue weighted by molar-refractivity contribution is 5.15. The molecule has 2 aromatic rings. The zero-order valence-electron chi connectivity index (χ0n) is 12.7. The van der Waals surface area contributed by atoms with Gasteiger partial charge in [-0.05, 0) is 19.4 Å². The lowest BCUT2D eigenvalue weighted by Gasteiger charge is -2.35. The SMILES string of the molecule is CC1CN(C(C)c2nncn2Cc2ccccc2)CCN1. The zero-order valence-corrected chi connectivity index (χ0v) is 12.7. The third-order valence-corrected chi connectivity index (χ3v) is 4.16. The fourth-order valence-electron chi connectivity index (χ4n) is 2.97. The van der Waals surface area contributed by atoms with E-state index in [0.717, 1.165) is 32.0 Å². The molecule has 2 heterocycles. The largest absolute Gasteiger partial charge is 0.312 e. The molecule has 0 aliphatic carbocycles. The quantitative estimate of drug-likeness (QED) is 0.928. The Morgan fingerprint density at radius 2 is 2.14 bits per heavy atom. The molecule has 5 nitrogen and oxygen atoms in total. The van der Waals surface area contributed by atoms with Gasteiger partial charge in [0.25, 0.3) is 0 Å².